The zero-order valence-corrected chi connectivity index (χ0v) is 13.4. The van der Waals surface area contributed by atoms with Gasteiger partial charge in [-0.05, 0) is 43.9 Å². The highest BCUT2D eigenvalue weighted by Crippen LogP contribution is 2.26. The maximum atomic E-state index is 10.7. The molecule has 1 aromatic carbocycles. The van der Waals surface area contributed by atoms with E-state index in [1.165, 1.54) is 18.4 Å². The largest absolute Gasteiger partial charge is 0.497 e. The van der Waals surface area contributed by atoms with Crippen molar-refractivity contribution < 1.29 is 9.84 Å². The van der Waals surface area contributed by atoms with Gasteiger partial charge in [0, 0.05) is 12.6 Å². The Morgan fingerprint density at radius 1 is 1.14 bits per heavy atom. The minimum Gasteiger partial charge on any atom is -0.497 e. The lowest BCUT2D eigenvalue weighted by Gasteiger charge is -2.29. The zero-order valence-electron chi connectivity index (χ0n) is 13.4. The Morgan fingerprint density at radius 2 is 1.76 bits per heavy atom. The maximum Gasteiger partial charge on any atom is 0.118 e. The van der Waals surface area contributed by atoms with Crippen molar-refractivity contribution in [1.82, 2.24) is 5.32 Å². The van der Waals surface area contributed by atoms with Gasteiger partial charge in [0.15, 0.2) is 0 Å². The topological polar surface area (TPSA) is 41.5 Å². The van der Waals surface area contributed by atoms with Gasteiger partial charge >= 0.3 is 0 Å². The van der Waals surface area contributed by atoms with Gasteiger partial charge in [0.05, 0.1) is 12.7 Å². The van der Waals surface area contributed by atoms with Crippen molar-refractivity contribution in [3.05, 3.63) is 29.8 Å². The first-order valence-electron chi connectivity index (χ1n) is 8.20. The summed E-state index contributed by atoms with van der Waals surface area (Å²) in [5, 5.41) is 14.2. The van der Waals surface area contributed by atoms with Crippen molar-refractivity contribution >= 4 is 0 Å². The van der Waals surface area contributed by atoms with Crippen molar-refractivity contribution in [3.63, 3.8) is 0 Å². The summed E-state index contributed by atoms with van der Waals surface area (Å²) >= 11 is 0. The second-order valence-electron chi connectivity index (χ2n) is 6.47. The van der Waals surface area contributed by atoms with Gasteiger partial charge in [-0.25, -0.2) is 0 Å². The van der Waals surface area contributed by atoms with Crippen LogP contribution in [-0.2, 0) is 6.42 Å². The molecule has 1 unspecified atom stereocenters. The van der Waals surface area contributed by atoms with Crippen molar-refractivity contribution in [3.8, 4) is 5.75 Å². The number of methoxy groups -OCH3 is 1. The summed E-state index contributed by atoms with van der Waals surface area (Å²) in [6, 6.07) is 8.59. The number of hydrogen-bond acceptors (Lipinski definition) is 3. The lowest BCUT2D eigenvalue weighted by molar-refractivity contribution is 0.0232. The van der Waals surface area contributed by atoms with Crippen LogP contribution in [-0.4, -0.2) is 30.4 Å². The van der Waals surface area contributed by atoms with Gasteiger partial charge in [-0.1, -0.05) is 37.8 Å². The molecule has 0 bridgehead atoms. The molecule has 118 valence electrons. The highest BCUT2D eigenvalue weighted by atomic mass is 16.5. The first-order valence-corrected chi connectivity index (χ1v) is 8.20. The molecule has 0 amide bonds. The Labute approximate surface area is 128 Å². The molecule has 1 aliphatic rings. The van der Waals surface area contributed by atoms with Crippen LogP contribution in [0.1, 0.15) is 51.0 Å². The molecule has 0 spiro atoms. The molecule has 1 aliphatic carbocycles. The van der Waals surface area contributed by atoms with E-state index in [0.717, 1.165) is 37.9 Å². The fourth-order valence-electron chi connectivity index (χ4n) is 3.11. The molecular formula is C18H29NO2. The summed E-state index contributed by atoms with van der Waals surface area (Å²) in [5.41, 5.74) is 0.800. The van der Waals surface area contributed by atoms with E-state index in [-0.39, 0.29) is 0 Å². The SMILES string of the molecule is COc1ccc(CC(C)NCC2(O)CCCCCC2)cc1. The van der Waals surface area contributed by atoms with E-state index in [2.05, 4.69) is 24.4 Å². The smallest absolute Gasteiger partial charge is 0.118 e. The lowest BCUT2D eigenvalue weighted by Crippen LogP contribution is -2.44. The molecule has 1 aromatic rings. The van der Waals surface area contributed by atoms with Crippen LogP contribution >= 0.6 is 0 Å². The summed E-state index contributed by atoms with van der Waals surface area (Å²) < 4.78 is 5.18. The number of benzene rings is 1. The van der Waals surface area contributed by atoms with Crippen molar-refractivity contribution in [2.45, 2.75) is 63.5 Å². The van der Waals surface area contributed by atoms with Gasteiger partial charge in [0.25, 0.3) is 0 Å². The molecule has 3 nitrogen and oxygen atoms in total. The quantitative estimate of drug-likeness (QED) is 0.790. The van der Waals surface area contributed by atoms with Crippen LogP contribution in [0, 0.1) is 0 Å². The van der Waals surface area contributed by atoms with Gasteiger partial charge in [0.2, 0.25) is 0 Å². The monoisotopic (exact) mass is 291 g/mol. The van der Waals surface area contributed by atoms with Gasteiger partial charge < -0.3 is 15.2 Å². The third-order valence-corrected chi connectivity index (χ3v) is 4.51. The third kappa shape index (κ3) is 5.33. The molecule has 0 aliphatic heterocycles. The predicted molar refractivity (Wildman–Crippen MR) is 86.8 cm³/mol. The second-order valence-corrected chi connectivity index (χ2v) is 6.47. The predicted octanol–water partition coefficient (Wildman–Crippen LogP) is 3.30. The van der Waals surface area contributed by atoms with E-state index >= 15 is 0 Å². The summed E-state index contributed by atoms with van der Waals surface area (Å²) in [5.74, 6) is 0.895. The minimum absolute atomic E-state index is 0.366. The second kappa shape index (κ2) is 7.81. The molecule has 3 heteroatoms. The fourth-order valence-corrected chi connectivity index (χ4v) is 3.11. The number of rotatable bonds is 6. The van der Waals surface area contributed by atoms with Crippen molar-refractivity contribution in [2.75, 3.05) is 13.7 Å². The van der Waals surface area contributed by atoms with E-state index in [1.54, 1.807) is 7.11 Å². The Balaban J connectivity index is 1.79. The van der Waals surface area contributed by atoms with Gasteiger partial charge in [-0.3, -0.25) is 0 Å². The van der Waals surface area contributed by atoms with Gasteiger partial charge in [-0.15, -0.1) is 0 Å². The lowest BCUT2D eigenvalue weighted by atomic mass is 9.94. The van der Waals surface area contributed by atoms with Crippen LogP contribution in [0.15, 0.2) is 24.3 Å². The highest BCUT2D eigenvalue weighted by molar-refractivity contribution is 5.27. The van der Waals surface area contributed by atoms with E-state index < -0.39 is 5.60 Å². The minimum atomic E-state index is -0.495. The number of ether oxygens (including phenoxy) is 1. The third-order valence-electron chi connectivity index (χ3n) is 4.51. The van der Waals surface area contributed by atoms with Crippen LogP contribution in [0.3, 0.4) is 0 Å². The first kappa shape index (κ1) is 16.3. The normalized spacial score (nSPS) is 19.8. The number of hydrogen-bond donors (Lipinski definition) is 2. The molecule has 2 N–H and O–H groups in total. The van der Waals surface area contributed by atoms with Gasteiger partial charge in [-0.2, -0.15) is 0 Å². The average molecular weight is 291 g/mol. The first-order chi connectivity index (χ1) is 10.1. The standard InChI is InChI=1S/C18H29NO2/c1-15(13-16-7-9-17(21-2)10-8-16)19-14-18(20)11-5-3-4-6-12-18/h7-10,15,19-20H,3-6,11-14H2,1-2H3. The summed E-state index contributed by atoms with van der Waals surface area (Å²) in [7, 11) is 1.69. The molecule has 0 heterocycles. The molecule has 0 radical (unpaired) electrons. The Morgan fingerprint density at radius 3 is 2.33 bits per heavy atom. The maximum absolute atomic E-state index is 10.7. The Hall–Kier alpha value is -1.06. The Kier molecular flexibility index (Phi) is 6.07. The summed E-state index contributed by atoms with van der Waals surface area (Å²) in [6.45, 7) is 2.90. The van der Waals surface area contributed by atoms with Crippen LogP contribution in [0.2, 0.25) is 0 Å². The van der Waals surface area contributed by atoms with E-state index in [4.69, 9.17) is 4.74 Å². The summed E-state index contributed by atoms with van der Waals surface area (Å²) in [4.78, 5) is 0. The molecule has 0 aromatic heterocycles. The highest BCUT2D eigenvalue weighted by Gasteiger charge is 2.27. The number of aliphatic hydroxyl groups is 1. The van der Waals surface area contributed by atoms with Crippen LogP contribution in [0.25, 0.3) is 0 Å². The summed E-state index contributed by atoms with van der Waals surface area (Å²) in [6.07, 6.45) is 7.70. The average Bonchev–Trinajstić information content (AvgIpc) is 2.71. The van der Waals surface area contributed by atoms with E-state index in [1.807, 2.05) is 12.1 Å². The van der Waals surface area contributed by atoms with Crippen molar-refractivity contribution in [2.24, 2.45) is 0 Å². The molecule has 1 fully saturated rings. The molecule has 1 saturated carbocycles. The fraction of sp³-hybridized carbons (Fsp3) is 0.667. The molecular weight excluding hydrogens is 262 g/mol. The number of nitrogens with one attached hydrogen (secondary N) is 1. The molecule has 21 heavy (non-hydrogen) atoms. The van der Waals surface area contributed by atoms with Crippen molar-refractivity contribution in [1.29, 1.82) is 0 Å². The van der Waals surface area contributed by atoms with Crippen LogP contribution < -0.4 is 10.1 Å². The van der Waals surface area contributed by atoms with Gasteiger partial charge in [0.1, 0.15) is 5.75 Å². The van der Waals surface area contributed by atoms with Crippen LogP contribution in [0.4, 0.5) is 0 Å². The molecule has 0 saturated heterocycles. The van der Waals surface area contributed by atoms with Crippen LogP contribution in [0.5, 0.6) is 5.75 Å². The van der Waals surface area contributed by atoms with E-state index in [9.17, 15) is 5.11 Å². The molecule has 1 atom stereocenters. The van der Waals surface area contributed by atoms with E-state index in [0.29, 0.717) is 12.6 Å². The molecule has 2 rings (SSSR count). The Bertz CT molecular complexity index is 408. The zero-order chi connectivity index (χ0) is 15.1.